The molecule has 0 spiro atoms. The average molecular weight is 425 g/mol. The first kappa shape index (κ1) is 22.2. The summed E-state index contributed by atoms with van der Waals surface area (Å²) in [5, 5.41) is 0. The lowest BCUT2D eigenvalue weighted by Gasteiger charge is -2.72. The van der Waals surface area contributed by atoms with Crippen molar-refractivity contribution in [2.45, 2.75) is 119 Å². The van der Waals surface area contributed by atoms with Gasteiger partial charge in [0.25, 0.3) is 0 Å². The zero-order chi connectivity index (χ0) is 22.2. The Morgan fingerprint density at radius 1 is 0.871 bits per heavy atom. The summed E-state index contributed by atoms with van der Waals surface area (Å²) in [5.41, 5.74) is 7.08. The van der Waals surface area contributed by atoms with Crippen LogP contribution in [0.3, 0.4) is 0 Å². The van der Waals surface area contributed by atoms with Crippen LogP contribution in [0, 0.1) is 39.4 Å². The predicted octanol–water partition coefficient (Wildman–Crippen LogP) is 8.50. The van der Waals surface area contributed by atoms with E-state index in [1.807, 2.05) is 5.57 Å². The molecule has 0 aromatic carbocycles. The molecule has 0 aromatic rings. The SMILES string of the molecule is CC(C)=CCC/C(C)=C1/CC[C@@]2(C)[C@H]1CC[C@H]1[C@@]3(C)CCC4OC[C@]4(C)[C@@H]3CC[C@@]12C. The summed E-state index contributed by atoms with van der Waals surface area (Å²) in [7, 11) is 0. The Balaban J connectivity index is 1.44. The summed E-state index contributed by atoms with van der Waals surface area (Å²) in [4.78, 5) is 0. The van der Waals surface area contributed by atoms with Crippen LogP contribution >= 0.6 is 0 Å². The highest BCUT2D eigenvalue weighted by atomic mass is 16.5. The quantitative estimate of drug-likeness (QED) is 0.413. The van der Waals surface area contributed by atoms with Gasteiger partial charge in [-0.2, -0.15) is 0 Å². The van der Waals surface area contributed by atoms with Crippen LogP contribution < -0.4 is 0 Å². The van der Waals surface area contributed by atoms with Crippen LogP contribution in [0.1, 0.15) is 113 Å². The lowest BCUT2D eigenvalue weighted by atomic mass is 9.35. The minimum absolute atomic E-state index is 0.467. The van der Waals surface area contributed by atoms with Crippen molar-refractivity contribution in [3.05, 3.63) is 22.8 Å². The number of ether oxygens (including phenoxy) is 1. The Bertz CT molecular complexity index is 801. The molecule has 5 aliphatic rings. The van der Waals surface area contributed by atoms with E-state index in [0.717, 1.165) is 24.4 Å². The van der Waals surface area contributed by atoms with Gasteiger partial charge in [-0.05, 0) is 119 Å². The molecule has 5 rings (SSSR count). The molecule has 5 fully saturated rings. The molecule has 1 heteroatoms. The smallest absolute Gasteiger partial charge is 0.0654 e. The third-order valence-electron chi connectivity index (χ3n) is 12.2. The minimum Gasteiger partial charge on any atom is -0.377 e. The van der Waals surface area contributed by atoms with Gasteiger partial charge in [0.2, 0.25) is 0 Å². The van der Waals surface area contributed by atoms with Crippen LogP contribution in [-0.4, -0.2) is 12.7 Å². The van der Waals surface area contributed by atoms with Crippen molar-refractivity contribution >= 4 is 0 Å². The molecule has 1 saturated heterocycles. The summed E-state index contributed by atoms with van der Waals surface area (Å²) >= 11 is 0. The number of rotatable bonds is 3. The number of fused-ring (bicyclic) bond motifs is 7. The Hall–Kier alpha value is -0.560. The van der Waals surface area contributed by atoms with Crippen LogP contribution in [0.2, 0.25) is 0 Å². The van der Waals surface area contributed by atoms with Gasteiger partial charge in [0.05, 0.1) is 12.7 Å². The molecule has 1 nitrogen and oxygen atoms in total. The molecule has 4 saturated carbocycles. The van der Waals surface area contributed by atoms with E-state index < -0.39 is 0 Å². The van der Waals surface area contributed by atoms with Crippen molar-refractivity contribution in [2.24, 2.45) is 39.4 Å². The van der Waals surface area contributed by atoms with Crippen LogP contribution in [0.25, 0.3) is 0 Å². The summed E-state index contributed by atoms with van der Waals surface area (Å²) in [6.07, 6.45) is 16.8. The fourth-order valence-electron chi connectivity index (χ4n) is 10.2. The third kappa shape index (κ3) is 2.90. The van der Waals surface area contributed by atoms with Gasteiger partial charge in [-0.15, -0.1) is 0 Å². The van der Waals surface area contributed by atoms with E-state index in [-0.39, 0.29) is 0 Å². The molecular formula is C30H48O. The van der Waals surface area contributed by atoms with E-state index in [4.69, 9.17) is 4.74 Å². The highest BCUT2D eigenvalue weighted by Crippen LogP contribution is 2.76. The van der Waals surface area contributed by atoms with Crippen LogP contribution in [-0.2, 0) is 4.74 Å². The van der Waals surface area contributed by atoms with Crippen LogP contribution in [0.15, 0.2) is 22.8 Å². The van der Waals surface area contributed by atoms with Gasteiger partial charge < -0.3 is 4.74 Å². The van der Waals surface area contributed by atoms with E-state index in [0.29, 0.717) is 27.8 Å². The lowest BCUT2D eigenvalue weighted by Crippen LogP contribution is -2.68. The van der Waals surface area contributed by atoms with Gasteiger partial charge in [-0.25, -0.2) is 0 Å². The Morgan fingerprint density at radius 3 is 2.32 bits per heavy atom. The van der Waals surface area contributed by atoms with Gasteiger partial charge in [-0.1, -0.05) is 50.5 Å². The zero-order valence-corrected chi connectivity index (χ0v) is 21.6. The second kappa shape index (κ2) is 7.22. The molecule has 0 amide bonds. The first-order valence-corrected chi connectivity index (χ1v) is 13.5. The molecular weight excluding hydrogens is 376 g/mol. The zero-order valence-electron chi connectivity index (χ0n) is 21.6. The topological polar surface area (TPSA) is 9.23 Å². The fraction of sp³-hybridized carbons (Fsp3) is 0.867. The maximum atomic E-state index is 6.06. The van der Waals surface area contributed by atoms with Crippen LogP contribution in [0.4, 0.5) is 0 Å². The first-order valence-electron chi connectivity index (χ1n) is 13.5. The Kier molecular flexibility index (Phi) is 5.18. The van der Waals surface area contributed by atoms with Gasteiger partial charge >= 0.3 is 0 Å². The molecule has 1 unspecified atom stereocenters. The second-order valence-corrected chi connectivity index (χ2v) is 13.6. The standard InChI is InChI=1S/C30H48O/c1-20(2)9-8-10-21(3)22-13-17-29(6)23(22)11-12-25-27(4)16-15-26-28(5,19-31-26)24(27)14-18-30(25,29)7/h9,23-26H,8,10-19H2,1-7H3/b22-21-/t23-,24+,25-,26?,27-,28+,29-,30-/m0/s1. The average Bonchev–Trinajstić information content (AvgIpc) is 3.04. The molecule has 0 bridgehead atoms. The molecule has 0 radical (unpaired) electrons. The Morgan fingerprint density at radius 2 is 1.65 bits per heavy atom. The van der Waals surface area contributed by atoms with Gasteiger partial charge in [0, 0.05) is 5.41 Å². The number of allylic oxidation sites excluding steroid dienone is 4. The van der Waals surface area contributed by atoms with Crippen molar-refractivity contribution in [1.82, 2.24) is 0 Å². The number of hydrogen-bond donors (Lipinski definition) is 0. The minimum atomic E-state index is 0.467. The summed E-state index contributed by atoms with van der Waals surface area (Å²) < 4.78 is 6.06. The predicted molar refractivity (Wildman–Crippen MR) is 131 cm³/mol. The van der Waals surface area contributed by atoms with Crippen molar-refractivity contribution < 1.29 is 4.74 Å². The first-order chi connectivity index (χ1) is 14.6. The highest BCUT2D eigenvalue weighted by Gasteiger charge is 2.70. The number of hydrogen-bond acceptors (Lipinski definition) is 1. The van der Waals surface area contributed by atoms with E-state index in [2.05, 4.69) is 54.5 Å². The molecule has 1 aliphatic heterocycles. The largest absolute Gasteiger partial charge is 0.377 e. The molecule has 0 N–H and O–H groups in total. The monoisotopic (exact) mass is 424 g/mol. The summed E-state index contributed by atoms with van der Waals surface area (Å²) in [6, 6.07) is 0. The molecule has 31 heavy (non-hydrogen) atoms. The van der Waals surface area contributed by atoms with Crippen molar-refractivity contribution in [3.8, 4) is 0 Å². The summed E-state index contributed by atoms with van der Waals surface area (Å²) in [5.74, 6) is 2.64. The van der Waals surface area contributed by atoms with E-state index in [1.165, 1.54) is 69.8 Å². The molecule has 8 atom stereocenters. The van der Waals surface area contributed by atoms with Crippen molar-refractivity contribution in [1.29, 1.82) is 0 Å². The lowest BCUT2D eigenvalue weighted by molar-refractivity contribution is -0.292. The maximum Gasteiger partial charge on any atom is 0.0654 e. The second-order valence-electron chi connectivity index (χ2n) is 13.6. The van der Waals surface area contributed by atoms with E-state index in [9.17, 15) is 0 Å². The summed E-state index contributed by atoms with van der Waals surface area (Å²) in [6.45, 7) is 18.7. The molecule has 1 heterocycles. The van der Waals surface area contributed by atoms with Gasteiger partial charge in [0.1, 0.15) is 0 Å². The van der Waals surface area contributed by atoms with Crippen molar-refractivity contribution in [2.75, 3.05) is 6.61 Å². The maximum absolute atomic E-state index is 6.06. The molecule has 174 valence electrons. The normalized spacial score (nSPS) is 52.2. The molecule has 0 aromatic heterocycles. The van der Waals surface area contributed by atoms with E-state index >= 15 is 0 Å². The van der Waals surface area contributed by atoms with Gasteiger partial charge in [-0.3, -0.25) is 0 Å². The third-order valence-corrected chi connectivity index (χ3v) is 12.2. The van der Waals surface area contributed by atoms with E-state index in [1.54, 1.807) is 5.57 Å². The molecule has 4 aliphatic carbocycles. The highest BCUT2D eigenvalue weighted by molar-refractivity contribution is 5.29. The Labute approximate surface area is 192 Å². The van der Waals surface area contributed by atoms with Crippen LogP contribution in [0.5, 0.6) is 0 Å². The fourth-order valence-corrected chi connectivity index (χ4v) is 10.2. The van der Waals surface area contributed by atoms with Crippen molar-refractivity contribution in [3.63, 3.8) is 0 Å². The van der Waals surface area contributed by atoms with Gasteiger partial charge in [0.15, 0.2) is 0 Å².